The molecule has 3 aliphatic rings. The van der Waals surface area contributed by atoms with Gasteiger partial charge in [-0.1, -0.05) is 36.8 Å². The van der Waals surface area contributed by atoms with Gasteiger partial charge in [0.25, 0.3) is 0 Å². The summed E-state index contributed by atoms with van der Waals surface area (Å²) < 4.78 is 12.5. The number of benzene rings is 1. The summed E-state index contributed by atoms with van der Waals surface area (Å²) in [6, 6.07) is 10.5. The highest BCUT2D eigenvalue weighted by Crippen LogP contribution is 2.41. The van der Waals surface area contributed by atoms with Gasteiger partial charge >= 0.3 is 0 Å². The number of aliphatic hydroxyl groups is 1. The van der Waals surface area contributed by atoms with Gasteiger partial charge in [-0.2, -0.15) is 0 Å². The molecule has 0 radical (unpaired) electrons. The highest BCUT2D eigenvalue weighted by molar-refractivity contribution is 5.21. The van der Waals surface area contributed by atoms with Crippen LogP contribution in [0, 0.1) is 0 Å². The third kappa shape index (κ3) is 3.18. The van der Waals surface area contributed by atoms with E-state index in [1.807, 2.05) is 6.07 Å². The van der Waals surface area contributed by atoms with Gasteiger partial charge in [0.2, 0.25) is 0 Å². The number of aliphatic hydroxyl groups excluding tert-OH is 1. The average Bonchev–Trinajstić information content (AvgIpc) is 2.59. The van der Waals surface area contributed by atoms with Crippen LogP contribution in [0.4, 0.5) is 0 Å². The summed E-state index contributed by atoms with van der Waals surface area (Å²) in [5, 5.41) is 14.1. The molecule has 2 heterocycles. The van der Waals surface area contributed by atoms with E-state index < -0.39 is 0 Å². The molecule has 23 heavy (non-hydrogen) atoms. The summed E-state index contributed by atoms with van der Waals surface area (Å²) in [5.41, 5.74) is 0.963. The monoisotopic (exact) mass is 317 g/mol. The van der Waals surface area contributed by atoms with Crippen LogP contribution in [0.25, 0.3) is 0 Å². The predicted octanol–water partition coefficient (Wildman–Crippen LogP) is 2.92. The first-order chi connectivity index (χ1) is 11.2. The fraction of sp³-hybridized carbons (Fsp3) is 0.684. The molecule has 0 amide bonds. The van der Waals surface area contributed by atoms with Crippen molar-refractivity contribution in [1.29, 1.82) is 0 Å². The predicted molar refractivity (Wildman–Crippen MR) is 88.0 cm³/mol. The molecule has 126 valence electrons. The Labute approximate surface area is 138 Å². The van der Waals surface area contributed by atoms with Crippen LogP contribution in [-0.2, 0) is 9.47 Å². The number of piperidine rings is 1. The maximum Gasteiger partial charge on any atom is 0.168 e. The molecule has 3 fully saturated rings. The van der Waals surface area contributed by atoms with Crippen molar-refractivity contribution in [1.82, 2.24) is 5.32 Å². The molecule has 4 nitrogen and oxygen atoms in total. The maximum absolute atomic E-state index is 10.4. The summed E-state index contributed by atoms with van der Waals surface area (Å²) in [4.78, 5) is 0. The average molecular weight is 317 g/mol. The van der Waals surface area contributed by atoms with Crippen molar-refractivity contribution < 1.29 is 14.6 Å². The lowest BCUT2D eigenvalue weighted by atomic mass is 9.81. The standard InChI is InChI=1S/C19H27NO3/c21-16-11-17(15-7-3-1-4-8-15)20-18(12-16)13-22-19(23-14-18)9-5-2-6-10-19/h1,3-4,7-8,16-17,20-21H,2,5-6,9-14H2/t16-,17-/m0/s1. The molecule has 1 aliphatic carbocycles. The fourth-order valence-corrected chi connectivity index (χ4v) is 4.40. The van der Waals surface area contributed by atoms with Crippen LogP contribution in [0.1, 0.15) is 56.6 Å². The minimum absolute atomic E-state index is 0.160. The third-order valence-corrected chi connectivity index (χ3v) is 5.65. The summed E-state index contributed by atoms with van der Waals surface area (Å²) in [6.07, 6.45) is 6.82. The first-order valence-corrected chi connectivity index (χ1v) is 8.97. The molecule has 2 spiro atoms. The summed E-state index contributed by atoms with van der Waals surface area (Å²) in [7, 11) is 0. The molecule has 2 saturated heterocycles. The van der Waals surface area contributed by atoms with E-state index in [1.54, 1.807) is 0 Å². The molecule has 4 heteroatoms. The summed E-state index contributed by atoms with van der Waals surface area (Å²) >= 11 is 0. The van der Waals surface area contributed by atoms with Crippen LogP contribution >= 0.6 is 0 Å². The van der Waals surface area contributed by atoms with E-state index in [1.165, 1.54) is 24.8 Å². The highest BCUT2D eigenvalue weighted by atomic mass is 16.7. The van der Waals surface area contributed by atoms with Crippen LogP contribution in [-0.4, -0.2) is 35.8 Å². The molecule has 0 bridgehead atoms. The van der Waals surface area contributed by atoms with Crippen molar-refractivity contribution in [3.63, 3.8) is 0 Å². The lowest BCUT2D eigenvalue weighted by Crippen LogP contribution is -2.65. The van der Waals surface area contributed by atoms with Gasteiger partial charge in [-0.15, -0.1) is 0 Å². The maximum atomic E-state index is 10.4. The Balaban J connectivity index is 1.48. The van der Waals surface area contributed by atoms with E-state index in [0.717, 1.165) is 19.3 Å². The molecule has 0 unspecified atom stereocenters. The molecule has 1 aromatic carbocycles. The van der Waals surface area contributed by atoms with Crippen LogP contribution < -0.4 is 5.32 Å². The lowest BCUT2D eigenvalue weighted by molar-refractivity contribution is -0.308. The van der Waals surface area contributed by atoms with E-state index in [9.17, 15) is 5.11 Å². The number of nitrogens with one attached hydrogen (secondary N) is 1. The van der Waals surface area contributed by atoms with E-state index in [-0.39, 0.29) is 23.5 Å². The van der Waals surface area contributed by atoms with Gasteiger partial charge in [0.15, 0.2) is 5.79 Å². The molecule has 2 N–H and O–H groups in total. The Morgan fingerprint density at radius 2 is 1.70 bits per heavy atom. The summed E-state index contributed by atoms with van der Waals surface area (Å²) in [5.74, 6) is -0.351. The van der Waals surface area contributed by atoms with Crippen LogP contribution in [0.5, 0.6) is 0 Å². The van der Waals surface area contributed by atoms with E-state index in [0.29, 0.717) is 19.6 Å². The molecule has 2 atom stereocenters. The second-order valence-electron chi connectivity index (χ2n) is 7.53. The molecule has 1 saturated carbocycles. The fourth-order valence-electron chi connectivity index (χ4n) is 4.40. The Morgan fingerprint density at radius 1 is 1.00 bits per heavy atom. The normalized spacial score (nSPS) is 32.9. The topological polar surface area (TPSA) is 50.7 Å². The largest absolute Gasteiger partial charge is 0.393 e. The van der Waals surface area contributed by atoms with Gasteiger partial charge in [-0.25, -0.2) is 0 Å². The molecule has 2 aliphatic heterocycles. The zero-order chi connectivity index (χ0) is 15.8. The zero-order valence-electron chi connectivity index (χ0n) is 13.7. The number of rotatable bonds is 1. The van der Waals surface area contributed by atoms with Gasteiger partial charge in [0.05, 0.1) is 24.9 Å². The van der Waals surface area contributed by atoms with Crippen LogP contribution in [0.15, 0.2) is 30.3 Å². The Morgan fingerprint density at radius 3 is 2.39 bits per heavy atom. The number of hydrogen-bond donors (Lipinski definition) is 2. The van der Waals surface area contributed by atoms with Crippen molar-refractivity contribution >= 4 is 0 Å². The second-order valence-corrected chi connectivity index (χ2v) is 7.53. The Bertz CT molecular complexity index is 517. The quantitative estimate of drug-likeness (QED) is 0.836. The smallest absolute Gasteiger partial charge is 0.168 e. The van der Waals surface area contributed by atoms with Gasteiger partial charge in [0.1, 0.15) is 0 Å². The highest BCUT2D eigenvalue weighted by Gasteiger charge is 2.48. The van der Waals surface area contributed by atoms with E-state index in [4.69, 9.17) is 9.47 Å². The van der Waals surface area contributed by atoms with Gasteiger partial charge in [-0.05, 0) is 31.2 Å². The minimum Gasteiger partial charge on any atom is -0.393 e. The van der Waals surface area contributed by atoms with Gasteiger partial charge in [0, 0.05) is 18.9 Å². The van der Waals surface area contributed by atoms with Crippen LogP contribution in [0.2, 0.25) is 0 Å². The van der Waals surface area contributed by atoms with Crippen molar-refractivity contribution in [3.05, 3.63) is 35.9 Å². The molecule has 1 aromatic rings. The molecular formula is C19H27NO3. The first kappa shape index (κ1) is 15.6. The minimum atomic E-state index is -0.351. The lowest BCUT2D eigenvalue weighted by Gasteiger charge is -2.52. The Kier molecular flexibility index (Phi) is 4.18. The third-order valence-electron chi connectivity index (χ3n) is 5.65. The van der Waals surface area contributed by atoms with Crippen molar-refractivity contribution in [2.24, 2.45) is 0 Å². The SMILES string of the molecule is O[C@H]1C[C@@H](c2ccccc2)NC2(COC3(CCCCC3)OC2)C1. The van der Waals surface area contributed by atoms with Crippen molar-refractivity contribution in [3.8, 4) is 0 Å². The van der Waals surface area contributed by atoms with Gasteiger partial charge < -0.3 is 19.9 Å². The second kappa shape index (κ2) is 6.17. The van der Waals surface area contributed by atoms with Crippen molar-refractivity contribution in [2.45, 2.75) is 68.4 Å². The van der Waals surface area contributed by atoms with Gasteiger partial charge in [-0.3, -0.25) is 0 Å². The number of ether oxygens (including phenoxy) is 2. The zero-order valence-corrected chi connectivity index (χ0v) is 13.7. The van der Waals surface area contributed by atoms with Crippen molar-refractivity contribution in [2.75, 3.05) is 13.2 Å². The molecular weight excluding hydrogens is 290 g/mol. The molecule has 4 rings (SSSR count). The Hall–Kier alpha value is -0.940. The van der Waals surface area contributed by atoms with E-state index >= 15 is 0 Å². The van der Waals surface area contributed by atoms with E-state index in [2.05, 4.69) is 29.6 Å². The molecule has 0 aromatic heterocycles. The summed E-state index contributed by atoms with van der Waals surface area (Å²) in [6.45, 7) is 1.26. The first-order valence-electron chi connectivity index (χ1n) is 8.97. The van der Waals surface area contributed by atoms with Crippen LogP contribution in [0.3, 0.4) is 0 Å². The number of hydrogen-bond acceptors (Lipinski definition) is 4.